The molecule has 0 aromatic heterocycles. The van der Waals surface area contributed by atoms with E-state index in [1.165, 1.54) is 0 Å². The van der Waals surface area contributed by atoms with Crippen LogP contribution < -0.4 is 0 Å². The maximum Gasteiger partial charge on any atom is 0.272 e. The average Bonchev–Trinajstić information content (AvgIpc) is 1.75. The first kappa shape index (κ1) is 7.43. The van der Waals surface area contributed by atoms with Crippen LogP contribution in [-0.2, 0) is 0 Å². The number of alkyl halides is 2. The first-order chi connectivity index (χ1) is 5.07. The number of nitrogens with zero attached hydrogens (tertiary/aromatic N) is 2. The lowest BCUT2D eigenvalue weighted by Crippen LogP contribution is -2.68. The quantitative estimate of drug-likeness (QED) is 0.545. The predicted octanol–water partition coefficient (Wildman–Crippen LogP) is 0.251. The fraction of sp³-hybridized carbons (Fsp3) is 1.00. The summed E-state index contributed by atoms with van der Waals surface area (Å²) >= 11 is 0. The summed E-state index contributed by atoms with van der Waals surface area (Å²) in [6.07, 6.45) is 0. The van der Waals surface area contributed by atoms with Crippen molar-refractivity contribution in [1.29, 1.82) is 0 Å². The van der Waals surface area contributed by atoms with Crippen molar-refractivity contribution in [2.75, 3.05) is 33.2 Å². The summed E-state index contributed by atoms with van der Waals surface area (Å²) in [5.74, 6) is -2.39. The van der Waals surface area contributed by atoms with E-state index < -0.39 is 5.92 Å². The summed E-state index contributed by atoms with van der Waals surface area (Å²) in [6.45, 7) is 1.86. The van der Waals surface area contributed by atoms with Crippen LogP contribution in [0.5, 0.6) is 0 Å². The molecule has 0 aromatic rings. The van der Waals surface area contributed by atoms with Crippen molar-refractivity contribution >= 4 is 0 Å². The second kappa shape index (κ2) is 2.14. The lowest BCUT2D eigenvalue weighted by atomic mass is 10.0. The molecule has 2 nitrogen and oxygen atoms in total. The summed E-state index contributed by atoms with van der Waals surface area (Å²) in [5.41, 5.74) is 0. The van der Waals surface area contributed by atoms with Gasteiger partial charge in [0.05, 0.1) is 13.1 Å². The van der Waals surface area contributed by atoms with Crippen molar-refractivity contribution in [2.45, 2.75) is 12.0 Å². The van der Waals surface area contributed by atoms with Crippen molar-refractivity contribution in [3.8, 4) is 0 Å². The SMILES string of the molecule is CN1CC(N2CC(F)(F)C2)C1. The standard InChI is InChI=1S/C7H12F2N2/c1-10-2-6(3-10)11-4-7(8,9)5-11/h6H,2-5H2,1H3. The van der Waals surface area contributed by atoms with E-state index >= 15 is 0 Å². The van der Waals surface area contributed by atoms with E-state index in [2.05, 4.69) is 4.90 Å². The number of hydrogen-bond donors (Lipinski definition) is 0. The third kappa shape index (κ3) is 1.25. The summed E-state index contributed by atoms with van der Waals surface area (Å²) < 4.78 is 24.7. The molecule has 2 aliphatic rings. The van der Waals surface area contributed by atoms with Gasteiger partial charge in [-0.05, 0) is 7.05 Å². The van der Waals surface area contributed by atoms with Crippen molar-refractivity contribution in [1.82, 2.24) is 9.80 Å². The molecular weight excluding hydrogens is 150 g/mol. The Kier molecular flexibility index (Phi) is 1.44. The molecule has 11 heavy (non-hydrogen) atoms. The zero-order valence-corrected chi connectivity index (χ0v) is 6.56. The van der Waals surface area contributed by atoms with E-state index in [-0.39, 0.29) is 13.1 Å². The monoisotopic (exact) mass is 162 g/mol. The number of halogens is 2. The van der Waals surface area contributed by atoms with E-state index in [1.54, 1.807) is 0 Å². The Morgan fingerprint density at radius 2 is 1.82 bits per heavy atom. The zero-order valence-electron chi connectivity index (χ0n) is 6.56. The second-order valence-electron chi connectivity index (χ2n) is 3.64. The molecule has 0 aromatic carbocycles. The van der Waals surface area contributed by atoms with Gasteiger partial charge in [-0.3, -0.25) is 4.90 Å². The lowest BCUT2D eigenvalue weighted by molar-refractivity contribution is -0.162. The molecule has 0 radical (unpaired) electrons. The number of likely N-dealkylation sites (N-methyl/N-ethyl adjacent to an activating group) is 1. The van der Waals surface area contributed by atoms with Gasteiger partial charge in [-0.25, -0.2) is 8.78 Å². The van der Waals surface area contributed by atoms with Crippen LogP contribution in [0.2, 0.25) is 0 Å². The summed E-state index contributed by atoms with van der Waals surface area (Å²) in [6, 6.07) is 0.402. The van der Waals surface area contributed by atoms with Gasteiger partial charge in [-0.1, -0.05) is 0 Å². The zero-order chi connectivity index (χ0) is 8.06. The smallest absolute Gasteiger partial charge is 0.272 e. The molecule has 2 fully saturated rings. The van der Waals surface area contributed by atoms with Crippen LogP contribution in [0, 0.1) is 0 Å². The summed E-state index contributed by atoms with van der Waals surface area (Å²) in [7, 11) is 2.01. The minimum Gasteiger partial charge on any atom is -0.303 e. The molecular formula is C7H12F2N2. The highest BCUT2D eigenvalue weighted by atomic mass is 19.3. The van der Waals surface area contributed by atoms with Gasteiger partial charge in [0.1, 0.15) is 0 Å². The van der Waals surface area contributed by atoms with E-state index in [0.29, 0.717) is 6.04 Å². The third-order valence-corrected chi connectivity index (χ3v) is 2.43. The Bertz CT molecular complexity index is 158. The molecule has 0 saturated carbocycles. The highest BCUT2D eigenvalue weighted by molar-refractivity contribution is 4.96. The number of likely N-dealkylation sites (tertiary alicyclic amines) is 2. The molecule has 0 atom stereocenters. The maximum atomic E-state index is 12.4. The van der Waals surface area contributed by atoms with Gasteiger partial charge in [0.15, 0.2) is 0 Å². The molecule has 0 aliphatic carbocycles. The average molecular weight is 162 g/mol. The predicted molar refractivity (Wildman–Crippen MR) is 37.8 cm³/mol. The van der Waals surface area contributed by atoms with Gasteiger partial charge in [-0.15, -0.1) is 0 Å². The van der Waals surface area contributed by atoms with Gasteiger partial charge in [-0.2, -0.15) is 0 Å². The first-order valence-corrected chi connectivity index (χ1v) is 3.87. The Morgan fingerprint density at radius 3 is 2.18 bits per heavy atom. The molecule has 4 heteroatoms. The molecule has 0 amide bonds. The third-order valence-electron chi connectivity index (χ3n) is 2.43. The normalized spacial score (nSPS) is 33.0. The highest BCUT2D eigenvalue weighted by Crippen LogP contribution is 2.30. The molecule has 2 saturated heterocycles. The minimum atomic E-state index is -2.39. The van der Waals surface area contributed by atoms with Crippen LogP contribution in [0.4, 0.5) is 8.78 Å². The molecule has 2 aliphatic heterocycles. The Hall–Kier alpha value is -0.220. The van der Waals surface area contributed by atoms with Crippen LogP contribution in [0.1, 0.15) is 0 Å². The van der Waals surface area contributed by atoms with E-state index in [4.69, 9.17) is 0 Å². The number of rotatable bonds is 1. The molecule has 0 bridgehead atoms. The van der Waals surface area contributed by atoms with Crippen LogP contribution >= 0.6 is 0 Å². The summed E-state index contributed by atoms with van der Waals surface area (Å²) in [4.78, 5) is 4.00. The van der Waals surface area contributed by atoms with Gasteiger partial charge >= 0.3 is 0 Å². The Morgan fingerprint density at radius 1 is 1.27 bits per heavy atom. The molecule has 0 N–H and O–H groups in total. The Balaban J connectivity index is 1.76. The van der Waals surface area contributed by atoms with Crippen molar-refractivity contribution in [3.05, 3.63) is 0 Å². The second-order valence-corrected chi connectivity index (χ2v) is 3.64. The van der Waals surface area contributed by atoms with Gasteiger partial charge in [0.25, 0.3) is 5.92 Å². The van der Waals surface area contributed by atoms with Crippen molar-refractivity contribution in [2.24, 2.45) is 0 Å². The van der Waals surface area contributed by atoms with Crippen LogP contribution in [0.15, 0.2) is 0 Å². The first-order valence-electron chi connectivity index (χ1n) is 3.87. The minimum absolute atomic E-state index is 0.0223. The Labute approximate surface area is 64.8 Å². The maximum absolute atomic E-state index is 12.4. The molecule has 0 spiro atoms. The van der Waals surface area contributed by atoms with Gasteiger partial charge in [0, 0.05) is 19.1 Å². The molecule has 2 heterocycles. The fourth-order valence-electron chi connectivity index (χ4n) is 1.70. The van der Waals surface area contributed by atoms with E-state index in [9.17, 15) is 8.78 Å². The molecule has 64 valence electrons. The molecule has 2 rings (SSSR count). The van der Waals surface area contributed by atoms with Crippen LogP contribution in [-0.4, -0.2) is 55.0 Å². The van der Waals surface area contributed by atoms with E-state index in [0.717, 1.165) is 13.1 Å². The largest absolute Gasteiger partial charge is 0.303 e. The molecule has 0 unspecified atom stereocenters. The fourth-order valence-corrected chi connectivity index (χ4v) is 1.70. The van der Waals surface area contributed by atoms with Crippen LogP contribution in [0.3, 0.4) is 0 Å². The van der Waals surface area contributed by atoms with Crippen molar-refractivity contribution in [3.63, 3.8) is 0 Å². The summed E-state index contributed by atoms with van der Waals surface area (Å²) in [5, 5.41) is 0. The van der Waals surface area contributed by atoms with Crippen LogP contribution in [0.25, 0.3) is 0 Å². The van der Waals surface area contributed by atoms with Gasteiger partial charge in [0.2, 0.25) is 0 Å². The van der Waals surface area contributed by atoms with E-state index in [1.807, 2.05) is 11.9 Å². The van der Waals surface area contributed by atoms with Crippen molar-refractivity contribution < 1.29 is 8.78 Å². The highest BCUT2D eigenvalue weighted by Gasteiger charge is 2.48. The van der Waals surface area contributed by atoms with Gasteiger partial charge < -0.3 is 4.90 Å². The topological polar surface area (TPSA) is 6.48 Å². The number of hydrogen-bond acceptors (Lipinski definition) is 2. The lowest BCUT2D eigenvalue weighted by Gasteiger charge is -2.50.